The van der Waals surface area contributed by atoms with Crippen molar-refractivity contribution in [3.05, 3.63) is 82.7 Å². The Hall–Kier alpha value is -2.59. The van der Waals surface area contributed by atoms with Crippen molar-refractivity contribution < 1.29 is 26.2 Å². The fourth-order valence-electron chi connectivity index (χ4n) is 3.37. The number of thiophene rings is 1. The summed E-state index contributed by atoms with van der Waals surface area (Å²) in [5.41, 5.74) is 1.42. The molecule has 0 fully saturated rings. The van der Waals surface area contributed by atoms with E-state index in [1.807, 2.05) is 27.6 Å². The lowest BCUT2D eigenvalue weighted by atomic mass is 10.0. The van der Waals surface area contributed by atoms with Gasteiger partial charge in [0.25, 0.3) is 0 Å². The SMILES string of the molecule is CC(=O)Sc1ccc(S(=O)(=O)N[C@@H](Cc2ccc(NS(=O)(=O)O)cc2)c2csc(-c3cccs3)n2)cc1. The first-order chi connectivity index (χ1) is 17.5. The minimum absolute atomic E-state index is 0.0480. The number of sulfonamides is 1. The van der Waals surface area contributed by atoms with Gasteiger partial charge >= 0.3 is 10.3 Å². The number of anilines is 1. The highest BCUT2D eigenvalue weighted by atomic mass is 32.2. The molecule has 1 atom stereocenters. The Kier molecular flexibility index (Phi) is 8.48. The quantitative estimate of drug-likeness (QED) is 0.172. The molecule has 14 heteroatoms. The molecule has 0 radical (unpaired) electrons. The molecule has 194 valence electrons. The van der Waals surface area contributed by atoms with Crippen LogP contribution in [-0.2, 0) is 31.5 Å². The van der Waals surface area contributed by atoms with E-state index in [1.165, 1.54) is 53.9 Å². The number of hydrogen-bond donors (Lipinski definition) is 3. The molecule has 2 heterocycles. The maximum Gasteiger partial charge on any atom is 0.357 e. The van der Waals surface area contributed by atoms with Crippen LogP contribution in [0.25, 0.3) is 9.88 Å². The van der Waals surface area contributed by atoms with Crippen molar-refractivity contribution in [3.63, 3.8) is 0 Å². The van der Waals surface area contributed by atoms with Crippen molar-refractivity contribution in [1.29, 1.82) is 0 Å². The lowest BCUT2D eigenvalue weighted by molar-refractivity contribution is -0.109. The molecule has 0 amide bonds. The minimum atomic E-state index is -4.41. The molecule has 0 spiro atoms. The number of rotatable bonds is 10. The number of thioether (sulfide) groups is 1. The first-order valence-electron chi connectivity index (χ1n) is 10.6. The Bertz CT molecular complexity index is 1580. The lowest BCUT2D eigenvalue weighted by Gasteiger charge is -2.18. The zero-order chi connectivity index (χ0) is 26.6. The number of benzene rings is 2. The monoisotopic (exact) mass is 595 g/mol. The van der Waals surface area contributed by atoms with Crippen molar-refractivity contribution in [2.45, 2.75) is 29.2 Å². The van der Waals surface area contributed by atoms with Crippen LogP contribution in [0.15, 0.2) is 81.2 Å². The Morgan fingerprint density at radius 1 is 1.03 bits per heavy atom. The fourth-order valence-corrected chi connectivity index (χ4v) is 7.30. The van der Waals surface area contributed by atoms with Crippen molar-refractivity contribution >= 4 is 65.6 Å². The summed E-state index contributed by atoms with van der Waals surface area (Å²) in [4.78, 5) is 17.7. The maximum absolute atomic E-state index is 13.3. The molecule has 0 saturated heterocycles. The molecule has 37 heavy (non-hydrogen) atoms. The third-order valence-corrected chi connectivity index (χ3v) is 9.62. The van der Waals surface area contributed by atoms with Gasteiger partial charge in [-0.1, -0.05) is 30.0 Å². The van der Waals surface area contributed by atoms with Crippen LogP contribution in [0.1, 0.15) is 24.2 Å². The summed E-state index contributed by atoms with van der Waals surface area (Å²) >= 11 is 3.96. The first-order valence-corrected chi connectivity index (χ1v) is 16.1. The molecular weight excluding hydrogens is 575 g/mol. The second kappa shape index (κ2) is 11.4. The Morgan fingerprint density at radius 3 is 2.32 bits per heavy atom. The van der Waals surface area contributed by atoms with E-state index in [4.69, 9.17) is 4.55 Å². The highest BCUT2D eigenvalue weighted by Gasteiger charge is 2.24. The summed E-state index contributed by atoms with van der Waals surface area (Å²) in [7, 11) is -8.36. The van der Waals surface area contributed by atoms with E-state index in [-0.39, 0.29) is 22.1 Å². The number of carbonyl (C=O) groups excluding carboxylic acids is 1. The van der Waals surface area contributed by atoms with E-state index >= 15 is 0 Å². The Balaban J connectivity index is 1.61. The number of nitrogens with one attached hydrogen (secondary N) is 2. The summed E-state index contributed by atoms with van der Waals surface area (Å²) in [6.07, 6.45) is 0.233. The van der Waals surface area contributed by atoms with Gasteiger partial charge < -0.3 is 0 Å². The first kappa shape index (κ1) is 27.4. The molecular formula is C23H21N3O6S5. The molecule has 0 aliphatic rings. The van der Waals surface area contributed by atoms with Gasteiger partial charge in [0.1, 0.15) is 5.01 Å². The van der Waals surface area contributed by atoms with Crippen molar-refractivity contribution in [2.75, 3.05) is 4.72 Å². The van der Waals surface area contributed by atoms with E-state index in [1.54, 1.807) is 24.3 Å². The molecule has 2 aromatic heterocycles. The summed E-state index contributed by atoms with van der Waals surface area (Å²) in [5.74, 6) is 0. The molecule has 0 bridgehead atoms. The van der Waals surface area contributed by atoms with Crippen LogP contribution in [0.3, 0.4) is 0 Å². The molecule has 4 aromatic rings. The predicted molar refractivity (Wildman–Crippen MR) is 147 cm³/mol. The number of hydrogen-bond acceptors (Lipinski definition) is 9. The molecule has 0 saturated carbocycles. The minimum Gasteiger partial charge on any atom is -0.287 e. The molecule has 2 aromatic carbocycles. The van der Waals surface area contributed by atoms with E-state index in [9.17, 15) is 21.6 Å². The van der Waals surface area contributed by atoms with Crippen LogP contribution in [0.2, 0.25) is 0 Å². The van der Waals surface area contributed by atoms with Crippen LogP contribution in [0, 0.1) is 0 Å². The van der Waals surface area contributed by atoms with Crippen LogP contribution >= 0.6 is 34.4 Å². The van der Waals surface area contributed by atoms with Gasteiger partial charge in [0.05, 0.1) is 27.2 Å². The van der Waals surface area contributed by atoms with Crippen LogP contribution in [-0.4, -0.2) is 31.5 Å². The topological polar surface area (TPSA) is 143 Å². The van der Waals surface area contributed by atoms with Gasteiger partial charge in [-0.3, -0.25) is 14.1 Å². The van der Waals surface area contributed by atoms with E-state index < -0.39 is 26.4 Å². The Morgan fingerprint density at radius 2 is 1.73 bits per heavy atom. The summed E-state index contributed by atoms with van der Waals surface area (Å²) in [6.45, 7) is 1.44. The van der Waals surface area contributed by atoms with E-state index in [2.05, 4.69) is 9.71 Å². The van der Waals surface area contributed by atoms with Crippen molar-refractivity contribution in [3.8, 4) is 9.88 Å². The average Bonchev–Trinajstić information content (AvgIpc) is 3.51. The lowest BCUT2D eigenvalue weighted by Crippen LogP contribution is -2.30. The second-order valence-electron chi connectivity index (χ2n) is 7.77. The largest absolute Gasteiger partial charge is 0.357 e. The summed E-state index contributed by atoms with van der Waals surface area (Å²) in [5, 5.41) is 4.42. The fraction of sp³-hybridized carbons (Fsp3) is 0.130. The molecule has 4 rings (SSSR count). The Labute approximate surface area is 226 Å². The van der Waals surface area contributed by atoms with E-state index in [0.717, 1.165) is 21.6 Å². The van der Waals surface area contributed by atoms with Crippen LogP contribution < -0.4 is 9.44 Å². The van der Waals surface area contributed by atoms with Crippen molar-refractivity contribution in [2.24, 2.45) is 0 Å². The molecule has 0 aliphatic carbocycles. The van der Waals surface area contributed by atoms with Gasteiger partial charge in [-0.25, -0.2) is 18.1 Å². The molecule has 0 aliphatic heterocycles. The maximum atomic E-state index is 13.3. The summed E-state index contributed by atoms with van der Waals surface area (Å²) < 4.78 is 62.3. The molecule has 9 nitrogen and oxygen atoms in total. The zero-order valence-electron chi connectivity index (χ0n) is 19.2. The standard InChI is InChI=1S/C23H21N3O6S5/c1-15(27)35-18-8-10-19(11-9-18)36(28,29)26-20(21-14-34-23(24-21)22-3-2-12-33-22)13-16-4-6-17(7-5-16)25-37(30,31)32/h2-12,14,20,25-26H,13H2,1H3,(H,30,31,32)/t20-/m0/s1. The van der Waals surface area contributed by atoms with Crippen LogP contribution in [0.4, 0.5) is 5.69 Å². The smallest absolute Gasteiger partial charge is 0.287 e. The normalized spacial score (nSPS) is 12.8. The van der Waals surface area contributed by atoms with E-state index in [0.29, 0.717) is 16.2 Å². The number of nitrogens with zero attached hydrogens (tertiary/aromatic N) is 1. The third-order valence-electron chi connectivity index (χ3n) is 4.94. The number of thiazole rings is 1. The van der Waals surface area contributed by atoms with Gasteiger partial charge in [-0.05, 0) is 59.8 Å². The number of aromatic nitrogens is 1. The average molecular weight is 596 g/mol. The van der Waals surface area contributed by atoms with Gasteiger partial charge in [0, 0.05) is 17.2 Å². The highest BCUT2D eigenvalue weighted by Crippen LogP contribution is 2.31. The van der Waals surface area contributed by atoms with Gasteiger partial charge in [0.2, 0.25) is 10.0 Å². The van der Waals surface area contributed by atoms with Crippen molar-refractivity contribution in [1.82, 2.24) is 9.71 Å². The highest BCUT2D eigenvalue weighted by molar-refractivity contribution is 8.13. The predicted octanol–water partition coefficient (Wildman–Crippen LogP) is 4.99. The zero-order valence-corrected chi connectivity index (χ0v) is 23.3. The second-order valence-corrected chi connectivity index (χ2v) is 13.7. The third kappa shape index (κ3) is 7.70. The molecule has 3 N–H and O–H groups in total. The van der Waals surface area contributed by atoms with Gasteiger partial charge in [-0.2, -0.15) is 8.42 Å². The number of carbonyl (C=O) groups is 1. The van der Waals surface area contributed by atoms with Gasteiger partial charge in [0.15, 0.2) is 5.12 Å². The van der Waals surface area contributed by atoms with Crippen LogP contribution in [0.5, 0.6) is 0 Å². The summed E-state index contributed by atoms with van der Waals surface area (Å²) in [6, 6.07) is 15.4. The molecule has 0 unspecified atom stereocenters. The van der Waals surface area contributed by atoms with Gasteiger partial charge in [-0.15, -0.1) is 22.7 Å².